The summed E-state index contributed by atoms with van der Waals surface area (Å²) in [6.07, 6.45) is -2.00. The number of likely N-dealkylation sites (N-methyl/N-ethyl adjacent to an activating group) is 2. The zero-order valence-corrected chi connectivity index (χ0v) is 12.4. The highest BCUT2D eigenvalue weighted by Crippen LogP contribution is 1.99. The van der Waals surface area contributed by atoms with Crippen LogP contribution in [0.2, 0.25) is 0 Å². The van der Waals surface area contributed by atoms with Crippen LogP contribution in [0, 0.1) is 0 Å². The van der Waals surface area contributed by atoms with E-state index in [4.69, 9.17) is 9.47 Å². The summed E-state index contributed by atoms with van der Waals surface area (Å²) in [6.45, 7) is -0.305. The Bertz CT molecular complexity index is 278. The fraction of sp³-hybridized carbons (Fsp3) is 0.833. The van der Waals surface area contributed by atoms with Gasteiger partial charge >= 0.3 is 11.9 Å². The number of hydrogen-bond donors (Lipinski definition) is 2. The molecule has 118 valence electrons. The molecule has 2 atom stereocenters. The molecule has 0 aromatic heterocycles. The van der Waals surface area contributed by atoms with Gasteiger partial charge in [-0.1, -0.05) is 0 Å². The van der Waals surface area contributed by atoms with Gasteiger partial charge in [-0.2, -0.15) is 0 Å². The van der Waals surface area contributed by atoms with Gasteiger partial charge in [-0.3, -0.25) is 19.4 Å². The predicted molar refractivity (Wildman–Crippen MR) is 70.5 cm³/mol. The summed E-state index contributed by atoms with van der Waals surface area (Å²) in [5, 5.41) is 18.7. The average molecular weight is 292 g/mol. The third-order valence-corrected chi connectivity index (χ3v) is 2.51. The highest BCUT2D eigenvalue weighted by Gasteiger charge is 2.14. The minimum atomic E-state index is -0.874. The van der Waals surface area contributed by atoms with Crippen molar-refractivity contribution in [3.63, 3.8) is 0 Å². The first-order valence-corrected chi connectivity index (χ1v) is 6.24. The average Bonchev–Trinajstić information content (AvgIpc) is 2.39. The monoisotopic (exact) mass is 292 g/mol. The van der Waals surface area contributed by atoms with Crippen molar-refractivity contribution >= 4 is 11.9 Å². The van der Waals surface area contributed by atoms with Crippen molar-refractivity contribution in [3.8, 4) is 0 Å². The molecule has 8 heteroatoms. The van der Waals surface area contributed by atoms with Crippen LogP contribution in [-0.4, -0.2) is 85.8 Å². The summed E-state index contributed by atoms with van der Waals surface area (Å²) in [5.41, 5.74) is 0. The van der Waals surface area contributed by atoms with E-state index in [2.05, 4.69) is 0 Å². The lowest BCUT2D eigenvalue weighted by atomic mass is 10.3. The summed E-state index contributed by atoms with van der Waals surface area (Å²) >= 11 is 0. The number of rotatable bonds is 9. The van der Waals surface area contributed by atoms with Crippen molar-refractivity contribution < 1.29 is 29.3 Å². The number of aliphatic hydroxyl groups excluding tert-OH is 2. The van der Waals surface area contributed by atoms with Crippen LogP contribution in [0.15, 0.2) is 0 Å². The number of ether oxygens (including phenoxy) is 2. The molecule has 0 saturated heterocycles. The molecule has 0 heterocycles. The molecule has 20 heavy (non-hydrogen) atoms. The van der Waals surface area contributed by atoms with Gasteiger partial charge in [0.1, 0.15) is 25.7 Å². The van der Waals surface area contributed by atoms with Crippen molar-refractivity contribution in [1.29, 1.82) is 0 Å². The molecule has 0 spiro atoms. The van der Waals surface area contributed by atoms with E-state index in [9.17, 15) is 19.8 Å². The molecule has 2 N–H and O–H groups in total. The van der Waals surface area contributed by atoms with E-state index in [1.54, 1.807) is 28.2 Å². The zero-order chi connectivity index (χ0) is 15.7. The standard InChI is InChI=1S/C12H24N2O6/c1-13(2)9(15)7-19-11(17)5-6-12(18)20-8-10(16)14(3)4/h9-10,15-16H,5-8H2,1-4H3. The third-order valence-electron chi connectivity index (χ3n) is 2.51. The lowest BCUT2D eigenvalue weighted by Crippen LogP contribution is -2.33. The minimum Gasteiger partial charge on any atom is -0.461 e. The fourth-order valence-corrected chi connectivity index (χ4v) is 0.982. The van der Waals surface area contributed by atoms with Gasteiger partial charge in [-0.25, -0.2) is 0 Å². The number of nitrogens with zero attached hydrogens (tertiary/aromatic N) is 2. The van der Waals surface area contributed by atoms with E-state index in [0.717, 1.165) is 0 Å². The molecular formula is C12H24N2O6. The maximum absolute atomic E-state index is 11.3. The van der Waals surface area contributed by atoms with Gasteiger partial charge in [0.05, 0.1) is 12.8 Å². The molecule has 0 amide bonds. The van der Waals surface area contributed by atoms with E-state index in [1.165, 1.54) is 9.80 Å². The third kappa shape index (κ3) is 8.81. The summed E-state index contributed by atoms with van der Waals surface area (Å²) in [4.78, 5) is 25.6. The van der Waals surface area contributed by atoms with Crippen molar-refractivity contribution in [2.24, 2.45) is 0 Å². The molecule has 0 aliphatic heterocycles. The second kappa shape index (κ2) is 9.65. The Kier molecular flexibility index (Phi) is 9.06. The first-order valence-electron chi connectivity index (χ1n) is 6.24. The largest absolute Gasteiger partial charge is 0.461 e. The SMILES string of the molecule is CN(C)C(O)COC(=O)CCC(=O)OCC(O)N(C)C. The zero-order valence-electron chi connectivity index (χ0n) is 12.4. The molecule has 2 unspecified atom stereocenters. The van der Waals surface area contributed by atoms with Crippen molar-refractivity contribution in [2.45, 2.75) is 25.3 Å². The Labute approximate surface area is 118 Å². The molecule has 0 fully saturated rings. The molecule has 0 aliphatic rings. The Morgan fingerprint density at radius 3 is 1.40 bits per heavy atom. The van der Waals surface area contributed by atoms with Crippen LogP contribution in [0.5, 0.6) is 0 Å². The molecular weight excluding hydrogens is 268 g/mol. The van der Waals surface area contributed by atoms with Crippen molar-refractivity contribution in [2.75, 3.05) is 41.4 Å². The Balaban J connectivity index is 3.76. The Morgan fingerprint density at radius 1 is 0.850 bits per heavy atom. The van der Waals surface area contributed by atoms with Gasteiger partial charge in [-0.15, -0.1) is 0 Å². The molecule has 8 nitrogen and oxygen atoms in total. The van der Waals surface area contributed by atoms with E-state index >= 15 is 0 Å². The van der Waals surface area contributed by atoms with Gasteiger partial charge in [0.15, 0.2) is 0 Å². The molecule has 0 rings (SSSR count). The number of esters is 2. The van der Waals surface area contributed by atoms with Crippen LogP contribution in [0.1, 0.15) is 12.8 Å². The van der Waals surface area contributed by atoms with E-state index in [0.29, 0.717) is 0 Å². The first-order chi connectivity index (χ1) is 9.23. The van der Waals surface area contributed by atoms with E-state index < -0.39 is 24.4 Å². The summed E-state index contributed by atoms with van der Waals surface area (Å²) in [7, 11) is 6.58. The van der Waals surface area contributed by atoms with Gasteiger partial charge in [-0.05, 0) is 28.2 Å². The quantitative estimate of drug-likeness (QED) is 0.396. The summed E-state index contributed by atoms with van der Waals surface area (Å²) < 4.78 is 9.57. The molecule has 0 radical (unpaired) electrons. The van der Waals surface area contributed by atoms with E-state index in [1.807, 2.05) is 0 Å². The highest BCUT2D eigenvalue weighted by atomic mass is 16.6. The van der Waals surface area contributed by atoms with Crippen LogP contribution in [-0.2, 0) is 19.1 Å². The topological polar surface area (TPSA) is 99.5 Å². The van der Waals surface area contributed by atoms with Crippen LogP contribution in [0.3, 0.4) is 0 Å². The Hall–Kier alpha value is -1.22. The van der Waals surface area contributed by atoms with Crippen LogP contribution < -0.4 is 0 Å². The van der Waals surface area contributed by atoms with Crippen LogP contribution >= 0.6 is 0 Å². The molecule has 0 aromatic carbocycles. The van der Waals surface area contributed by atoms with Crippen LogP contribution in [0.25, 0.3) is 0 Å². The van der Waals surface area contributed by atoms with Gasteiger partial charge in [0.2, 0.25) is 0 Å². The smallest absolute Gasteiger partial charge is 0.306 e. The minimum absolute atomic E-state index is 0.128. The van der Waals surface area contributed by atoms with Gasteiger partial charge in [0, 0.05) is 0 Å². The first kappa shape index (κ1) is 18.8. The molecule has 0 bridgehead atoms. The lowest BCUT2D eigenvalue weighted by molar-refractivity contribution is -0.156. The van der Waals surface area contributed by atoms with Crippen molar-refractivity contribution in [3.05, 3.63) is 0 Å². The maximum atomic E-state index is 11.3. The number of hydrogen-bond acceptors (Lipinski definition) is 8. The number of carbonyl (C=O) groups excluding carboxylic acids is 2. The number of carbonyl (C=O) groups is 2. The normalized spacial score (nSPS) is 14.2. The summed E-state index contributed by atoms with van der Waals surface area (Å²) in [6, 6.07) is 0. The number of aliphatic hydroxyl groups is 2. The fourth-order valence-electron chi connectivity index (χ4n) is 0.982. The molecule has 0 aromatic rings. The summed E-state index contributed by atoms with van der Waals surface area (Å²) in [5.74, 6) is -1.17. The Morgan fingerprint density at radius 2 is 1.15 bits per heavy atom. The second-order valence-corrected chi connectivity index (χ2v) is 4.75. The highest BCUT2D eigenvalue weighted by molar-refractivity contribution is 5.77. The van der Waals surface area contributed by atoms with Gasteiger partial charge < -0.3 is 19.7 Å². The lowest BCUT2D eigenvalue weighted by Gasteiger charge is -2.18. The van der Waals surface area contributed by atoms with Gasteiger partial charge in [0.25, 0.3) is 0 Å². The predicted octanol–water partition coefficient (Wildman–Crippen LogP) is -1.39. The second-order valence-electron chi connectivity index (χ2n) is 4.75. The van der Waals surface area contributed by atoms with Crippen molar-refractivity contribution in [1.82, 2.24) is 9.80 Å². The van der Waals surface area contributed by atoms with E-state index in [-0.39, 0.29) is 26.1 Å². The van der Waals surface area contributed by atoms with Crippen LogP contribution in [0.4, 0.5) is 0 Å². The molecule has 0 saturated carbocycles. The maximum Gasteiger partial charge on any atom is 0.306 e. The molecule has 0 aliphatic carbocycles.